The minimum Gasteiger partial charge on any atom is -0.389 e. The van der Waals surface area contributed by atoms with Crippen molar-refractivity contribution in [2.24, 2.45) is 11.7 Å². The van der Waals surface area contributed by atoms with Gasteiger partial charge >= 0.3 is 0 Å². The first kappa shape index (κ1) is 16.6. The van der Waals surface area contributed by atoms with Crippen molar-refractivity contribution in [1.82, 2.24) is 0 Å². The molecule has 116 valence electrons. The number of hydrogen-bond acceptors (Lipinski definition) is 3. The van der Waals surface area contributed by atoms with Gasteiger partial charge in [0.25, 0.3) is 0 Å². The van der Waals surface area contributed by atoms with Crippen molar-refractivity contribution >= 4 is 34.7 Å². The van der Waals surface area contributed by atoms with Crippen molar-refractivity contribution in [3.63, 3.8) is 0 Å². The molecule has 0 aliphatic carbocycles. The first-order valence-electron chi connectivity index (χ1n) is 7.89. The van der Waals surface area contributed by atoms with E-state index in [4.69, 9.17) is 18.0 Å². The molecule has 21 heavy (non-hydrogen) atoms. The van der Waals surface area contributed by atoms with Gasteiger partial charge in [-0.15, -0.1) is 11.8 Å². The molecule has 0 bridgehead atoms. The van der Waals surface area contributed by atoms with Gasteiger partial charge in [0.2, 0.25) is 0 Å². The van der Waals surface area contributed by atoms with E-state index in [9.17, 15) is 0 Å². The van der Waals surface area contributed by atoms with Gasteiger partial charge in [-0.1, -0.05) is 38.0 Å². The van der Waals surface area contributed by atoms with Gasteiger partial charge in [-0.05, 0) is 43.6 Å². The van der Waals surface area contributed by atoms with Crippen LogP contribution in [0.1, 0.15) is 44.6 Å². The summed E-state index contributed by atoms with van der Waals surface area (Å²) in [5, 5.41) is 0. The predicted molar refractivity (Wildman–Crippen MR) is 98.6 cm³/mol. The monoisotopic (exact) mass is 322 g/mol. The molecule has 1 saturated heterocycles. The Kier molecular flexibility index (Phi) is 6.37. The van der Waals surface area contributed by atoms with Gasteiger partial charge in [0.05, 0.1) is 0 Å². The lowest BCUT2D eigenvalue weighted by molar-refractivity contribution is 0.435. The summed E-state index contributed by atoms with van der Waals surface area (Å²) in [4.78, 5) is 4.20. The number of thiocarbonyl (C=S) groups is 1. The fourth-order valence-electron chi connectivity index (χ4n) is 3.30. The van der Waals surface area contributed by atoms with Gasteiger partial charge in [-0.3, -0.25) is 0 Å². The van der Waals surface area contributed by atoms with Crippen molar-refractivity contribution in [3.8, 4) is 0 Å². The van der Waals surface area contributed by atoms with E-state index in [1.165, 1.54) is 42.7 Å². The quantitative estimate of drug-likeness (QED) is 0.640. The van der Waals surface area contributed by atoms with Gasteiger partial charge in [-0.2, -0.15) is 0 Å². The summed E-state index contributed by atoms with van der Waals surface area (Å²) in [5.41, 5.74) is 8.30. The Balaban J connectivity index is 2.23. The third-order valence-corrected chi connectivity index (χ3v) is 5.34. The standard InChI is InChI=1S/C17H26N2S2/c1-3-6-13-7-5-11-19(12-10-13)14-8-4-9-15(21-2)16(14)17(18)20/h4,8-9,13H,3,5-7,10-12H2,1-2H3,(H2,18,20). The summed E-state index contributed by atoms with van der Waals surface area (Å²) in [6, 6.07) is 6.41. The molecule has 2 rings (SSSR count). The van der Waals surface area contributed by atoms with Crippen molar-refractivity contribution in [3.05, 3.63) is 23.8 Å². The highest BCUT2D eigenvalue weighted by Gasteiger charge is 2.20. The third-order valence-electron chi connectivity index (χ3n) is 4.36. The number of anilines is 1. The Morgan fingerprint density at radius 2 is 2.19 bits per heavy atom. The topological polar surface area (TPSA) is 29.3 Å². The molecule has 1 aliphatic rings. The summed E-state index contributed by atoms with van der Waals surface area (Å²) in [7, 11) is 0. The molecule has 0 saturated carbocycles. The van der Waals surface area contributed by atoms with Crippen molar-refractivity contribution in [2.75, 3.05) is 24.2 Å². The molecule has 4 heteroatoms. The zero-order chi connectivity index (χ0) is 15.2. The van der Waals surface area contributed by atoms with E-state index in [-0.39, 0.29) is 0 Å². The van der Waals surface area contributed by atoms with Crippen LogP contribution in [-0.4, -0.2) is 24.3 Å². The zero-order valence-electron chi connectivity index (χ0n) is 13.1. The first-order chi connectivity index (χ1) is 10.2. The lowest BCUT2D eigenvalue weighted by Crippen LogP contribution is -2.27. The van der Waals surface area contributed by atoms with Gasteiger partial charge in [0.1, 0.15) is 4.99 Å². The molecule has 0 radical (unpaired) electrons. The molecule has 2 N–H and O–H groups in total. The molecule has 1 unspecified atom stereocenters. The largest absolute Gasteiger partial charge is 0.389 e. The van der Waals surface area contributed by atoms with Gasteiger partial charge in [-0.25, -0.2) is 0 Å². The highest BCUT2D eigenvalue weighted by atomic mass is 32.2. The molecule has 0 spiro atoms. The minimum absolute atomic E-state index is 0.518. The lowest BCUT2D eigenvalue weighted by atomic mass is 9.96. The summed E-state index contributed by atoms with van der Waals surface area (Å²) in [6.07, 6.45) is 8.65. The molecule has 1 atom stereocenters. The number of nitrogens with two attached hydrogens (primary N) is 1. The maximum Gasteiger partial charge on any atom is 0.107 e. The second kappa shape index (κ2) is 8.04. The molecule has 0 amide bonds. The summed E-state index contributed by atoms with van der Waals surface area (Å²) < 4.78 is 0. The number of hydrogen-bond donors (Lipinski definition) is 1. The molecule has 1 aliphatic heterocycles. The van der Waals surface area contributed by atoms with Crippen LogP contribution >= 0.6 is 24.0 Å². The van der Waals surface area contributed by atoms with E-state index in [1.807, 2.05) is 0 Å². The van der Waals surface area contributed by atoms with Crippen LogP contribution in [0.3, 0.4) is 0 Å². The van der Waals surface area contributed by atoms with Gasteiger partial charge in [0, 0.05) is 29.2 Å². The van der Waals surface area contributed by atoms with Crippen molar-refractivity contribution in [2.45, 2.75) is 43.9 Å². The van der Waals surface area contributed by atoms with Gasteiger partial charge in [0.15, 0.2) is 0 Å². The number of benzene rings is 1. The van der Waals surface area contributed by atoms with E-state index in [0.29, 0.717) is 4.99 Å². The number of thioether (sulfide) groups is 1. The van der Waals surface area contributed by atoms with Crippen LogP contribution in [0.25, 0.3) is 0 Å². The fourth-order valence-corrected chi connectivity index (χ4v) is 4.22. The minimum atomic E-state index is 0.518. The second-order valence-electron chi connectivity index (χ2n) is 5.79. The Bertz CT molecular complexity index is 488. The van der Waals surface area contributed by atoms with E-state index in [1.54, 1.807) is 11.8 Å². The molecule has 1 aromatic rings. The second-order valence-corrected chi connectivity index (χ2v) is 7.08. The third kappa shape index (κ3) is 4.13. The molecule has 2 nitrogen and oxygen atoms in total. The maximum absolute atomic E-state index is 6.00. The average molecular weight is 323 g/mol. The van der Waals surface area contributed by atoms with E-state index in [0.717, 1.165) is 24.6 Å². The van der Waals surface area contributed by atoms with Crippen LogP contribution in [0.5, 0.6) is 0 Å². The molecule has 1 heterocycles. The molecule has 1 aromatic carbocycles. The molecule has 0 aromatic heterocycles. The first-order valence-corrected chi connectivity index (χ1v) is 9.52. The maximum atomic E-state index is 6.00. The predicted octanol–water partition coefficient (Wildman–Crippen LogP) is 4.45. The smallest absolute Gasteiger partial charge is 0.107 e. The molecular weight excluding hydrogens is 296 g/mol. The Hall–Kier alpha value is -0.740. The summed E-state index contributed by atoms with van der Waals surface area (Å²) in [5.74, 6) is 0.886. The normalized spacial score (nSPS) is 19.3. The number of nitrogens with zero attached hydrogens (tertiary/aromatic N) is 1. The lowest BCUT2D eigenvalue weighted by Gasteiger charge is -2.26. The summed E-state index contributed by atoms with van der Waals surface area (Å²) in [6.45, 7) is 4.53. The van der Waals surface area contributed by atoms with Crippen molar-refractivity contribution in [1.29, 1.82) is 0 Å². The Labute approximate surface area is 138 Å². The van der Waals surface area contributed by atoms with E-state index >= 15 is 0 Å². The Morgan fingerprint density at radius 3 is 2.86 bits per heavy atom. The van der Waals surface area contributed by atoms with E-state index < -0.39 is 0 Å². The van der Waals surface area contributed by atoms with Crippen LogP contribution < -0.4 is 10.6 Å². The van der Waals surface area contributed by atoms with Crippen molar-refractivity contribution < 1.29 is 0 Å². The van der Waals surface area contributed by atoms with Crippen LogP contribution in [0.4, 0.5) is 5.69 Å². The Morgan fingerprint density at radius 1 is 1.38 bits per heavy atom. The number of rotatable bonds is 5. The fraction of sp³-hybridized carbons (Fsp3) is 0.588. The highest BCUT2D eigenvalue weighted by molar-refractivity contribution is 7.98. The van der Waals surface area contributed by atoms with Crippen LogP contribution in [-0.2, 0) is 0 Å². The van der Waals surface area contributed by atoms with Gasteiger partial charge < -0.3 is 10.6 Å². The van der Waals surface area contributed by atoms with E-state index in [2.05, 4.69) is 36.3 Å². The molecule has 1 fully saturated rings. The van der Waals surface area contributed by atoms with Crippen LogP contribution in [0.2, 0.25) is 0 Å². The molecular formula is C17H26N2S2. The SMILES string of the molecule is CCCC1CCCN(c2cccc(SC)c2C(N)=S)CC1. The zero-order valence-corrected chi connectivity index (χ0v) is 14.7. The van der Waals surface area contributed by atoms with Crippen LogP contribution in [0.15, 0.2) is 23.1 Å². The average Bonchev–Trinajstić information content (AvgIpc) is 2.72. The highest BCUT2D eigenvalue weighted by Crippen LogP contribution is 2.32. The van der Waals surface area contributed by atoms with Crippen LogP contribution in [0, 0.1) is 5.92 Å². The summed E-state index contributed by atoms with van der Waals surface area (Å²) >= 11 is 7.03.